The van der Waals surface area contributed by atoms with E-state index in [9.17, 15) is 0 Å². The Bertz CT molecular complexity index is 1060. The number of pyridine rings is 1. The molecule has 0 atom stereocenters. The van der Waals surface area contributed by atoms with Crippen LogP contribution in [0.2, 0.25) is 0 Å². The van der Waals surface area contributed by atoms with E-state index in [4.69, 9.17) is 9.97 Å². The minimum atomic E-state index is 0.721. The molecule has 27 heavy (non-hydrogen) atoms. The third-order valence-corrected chi connectivity index (χ3v) is 4.88. The highest BCUT2D eigenvalue weighted by Crippen LogP contribution is 2.26. The molecule has 2 aromatic carbocycles. The average Bonchev–Trinajstić information content (AvgIpc) is 2.69. The first-order chi connectivity index (χ1) is 13.2. The molecule has 0 radical (unpaired) electrons. The number of aryl methyl sites for hydroxylation is 1. The molecule has 0 amide bonds. The predicted octanol–water partition coefficient (Wildman–Crippen LogP) is 5.42. The van der Waals surface area contributed by atoms with Gasteiger partial charge in [-0.3, -0.25) is 4.98 Å². The van der Waals surface area contributed by atoms with Gasteiger partial charge in [-0.1, -0.05) is 45.8 Å². The van der Waals surface area contributed by atoms with Gasteiger partial charge in [0.2, 0.25) is 0 Å². The Morgan fingerprint density at radius 1 is 0.963 bits per heavy atom. The van der Waals surface area contributed by atoms with Crippen LogP contribution in [0.5, 0.6) is 0 Å². The van der Waals surface area contributed by atoms with E-state index in [2.05, 4.69) is 51.4 Å². The Kier molecular flexibility index (Phi) is 5.12. The van der Waals surface area contributed by atoms with Gasteiger partial charge < -0.3 is 5.32 Å². The lowest BCUT2D eigenvalue weighted by Gasteiger charge is -2.12. The lowest BCUT2D eigenvalue weighted by molar-refractivity contribution is 0.955. The van der Waals surface area contributed by atoms with Crippen LogP contribution in [0.1, 0.15) is 11.3 Å². The highest BCUT2D eigenvalue weighted by Gasteiger charge is 2.10. The van der Waals surface area contributed by atoms with Gasteiger partial charge in [0, 0.05) is 40.3 Å². The van der Waals surface area contributed by atoms with Gasteiger partial charge in [-0.05, 0) is 43.3 Å². The monoisotopic (exact) mass is 418 g/mol. The summed E-state index contributed by atoms with van der Waals surface area (Å²) in [5.74, 6) is 1.58. The van der Waals surface area contributed by atoms with E-state index in [1.54, 1.807) is 0 Å². The fraction of sp³-hybridized carbons (Fsp3) is 0.136. The third-order valence-electron chi connectivity index (χ3n) is 4.35. The zero-order valence-electron chi connectivity index (χ0n) is 15.0. The Hall–Kier alpha value is -2.79. The van der Waals surface area contributed by atoms with Crippen LogP contribution in [0, 0.1) is 6.92 Å². The molecule has 0 aliphatic rings. The highest BCUT2D eigenvalue weighted by atomic mass is 79.9. The summed E-state index contributed by atoms with van der Waals surface area (Å²) in [6.07, 6.45) is 2.66. The van der Waals surface area contributed by atoms with Crippen molar-refractivity contribution >= 4 is 32.7 Å². The summed E-state index contributed by atoms with van der Waals surface area (Å²) in [5.41, 5.74) is 4.19. The molecule has 2 heterocycles. The molecule has 0 saturated heterocycles. The maximum absolute atomic E-state index is 4.82. The average molecular weight is 419 g/mol. The SMILES string of the molecule is Cc1ccc2nc(-c3ccc(Br)cc3)nc(NCCc3ccccn3)c2c1. The maximum Gasteiger partial charge on any atom is 0.162 e. The van der Waals surface area contributed by atoms with Gasteiger partial charge in [0.25, 0.3) is 0 Å². The molecule has 1 N–H and O–H groups in total. The lowest BCUT2D eigenvalue weighted by atomic mass is 10.1. The van der Waals surface area contributed by atoms with Crippen LogP contribution in [-0.2, 0) is 6.42 Å². The molecule has 0 bridgehead atoms. The van der Waals surface area contributed by atoms with E-state index in [1.807, 2.05) is 48.7 Å². The summed E-state index contributed by atoms with van der Waals surface area (Å²) >= 11 is 3.48. The molecule has 4 aromatic rings. The zero-order chi connectivity index (χ0) is 18.6. The molecule has 4 nitrogen and oxygen atoms in total. The molecule has 0 unspecified atom stereocenters. The molecule has 2 aromatic heterocycles. The Morgan fingerprint density at radius 3 is 2.59 bits per heavy atom. The van der Waals surface area contributed by atoms with Gasteiger partial charge in [0.15, 0.2) is 5.82 Å². The molecular formula is C22H19BrN4. The van der Waals surface area contributed by atoms with Crippen molar-refractivity contribution in [2.75, 3.05) is 11.9 Å². The fourth-order valence-corrected chi connectivity index (χ4v) is 3.22. The minimum Gasteiger partial charge on any atom is -0.369 e. The standard InChI is InChI=1S/C22H19BrN4/c1-15-5-10-20-19(14-15)22(25-13-11-18-4-2-3-12-24-18)27-21(26-20)16-6-8-17(23)9-7-16/h2-10,12,14H,11,13H2,1H3,(H,25,26,27). The van der Waals surface area contributed by atoms with E-state index in [-0.39, 0.29) is 0 Å². The number of nitrogens with zero attached hydrogens (tertiary/aromatic N) is 3. The Morgan fingerprint density at radius 2 is 1.81 bits per heavy atom. The number of benzene rings is 2. The normalized spacial score (nSPS) is 10.9. The van der Waals surface area contributed by atoms with E-state index < -0.39 is 0 Å². The first-order valence-electron chi connectivity index (χ1n) is 8.87. The summed E-state index contributed by atoms with van der Waals surface area (Å²) in [6, 6.07) is 20.3. The van der Waals surface area contributed by atoms with Gasteiger partial charge in [-0.15, -0.1) is 0 Å². The summed E-state index contributed by atoms with van der Waals surface area (Å²) in [7, 11) is 0. The van der Waals surface area contributed by atoms with Crippen molar-refractivity contribution in [1.82, 2.24) is 15.0 Å². The van der Waals surface area contributed by atoms with E-state index in [1.165, 1.54) is 5.56 Å². The van der Waals surface area contributed by atoms with Crippen molar-refractivity contribution in [3.8, 4) is 11.4 Å². The molecule has 0 saturated carbocycles. The van der Waals surface area contributed by atoms with E-state index in [0.717, 1.165) is 51.2 Å². The second-order valence-electron chi connectivity index (χ2n) is 6.42. The number of hydrogen-bond donors (Lipinski definition) is 1. The molecule has 4 rings (SSSR count). The third kappa shape index (κ3) is 4.14. The van der Waals surface area contributed by atoms with Gasteiger partial charge in [0.1, 0.15) is 5.82 Å². The summed E-state index contributed by atoms with van der Waals surface area (Å²) < 4.78 is 1.04. The topological polar surface area (TPSA) is 50.7 Å². The van der Waals surface area contributed by atoms with Crippen LogP contribution in [0.4, 0.5) is 5.82 Å². The molecule has 134 valence electrons. The zero-order valence-corrected chi connectivity index (χ0v) is 16.6. The second-order valence-corrected chi connectivity index (χ2v) is 7.34. The number of halogens is 1. The quantitative estimate of drug-likeness (QED) is 0.470. The van der Waals surface area contributed by atoms with Crippen LogP contribution in [0.3, 0.4) is 0 Å². The number of nitrogens with one attached hydrogen (secondary N) is 1. The van der Waals surface area contributed by atoms with Crippen LogP contribution < -0.4 is 5.32 Å². The summed E-state index contributed by atoms with van der Waals surface area (Å²) in [6.45, 7) is 2.84. The van der Waals surface area contributed by atoms with Crippen LogP contribution >= 0.6 is 15.9 Å². The van der Waals surface area contributed by atoms with Crippen molar-refractivity contribution in [1.29, 1.82) is 0 Å². The van der Waals surface area contributed by atoms with Gasteiger partial charge >= 0.3 is 0 Å². The molecule has 0 spiro atoms. The van der Waals surface area contributed by atoms with E-state index >= 15 is 0 Å². The number of rotatable bonds is 5. The maximum atomic E-state index is 4.82. The van der Waals surface area contributed by atoms with Crippen molar-refractivity contribution in [3.05, 3.63) is 82.6 Å². The van der Waals surface area contributed by atoms with Gasteiger partial charge in [-0.25, -0.2) is 9.97 Å². The number of aromatic nitrogens is 3. The summed E-state index contributed by atoms with van der Waals surface area (Å²) in [4.78, 5) is 14.0. The van der Waals surface area contributed by atoms with Gasteiger partial charge in [0.05, 0.1) is 5.52 Å². The van der Waals surface area contributed by atoms with E-state index in [0.29, 0.717) is 0 Å². The van der Waals surface area contributed by atoms with Crippen molar-refractivity contribution in [2.45, 2.75) is 13.3 Å². The largest absolute Gasteiger partial charge is 0.369 e. The fourth-order valence-electron chi connectivity index (χ4n) is 2.96. The molecule has 0 fully saturated rings. The van der Waals surface area contributed by atoms with Crippen LogP contribution in [0.15, 0.2) is 71.3 Å². The minimum absolute atomic E-state index is 0.721. The van der Waals surface area contributed by atoms with Crippen LogP contribution in [-0.4, -0.2) is 21.5 Å². The first-order valence-corrected chi connectivity index (χ1v) is 9.66. The first kappa shape index (κ1) is 17.6. The number of hydrogen-bond acceptors (Lipinski definition) is 4. The van der Waals surface area contributed by atoms with Crippen molar-refractivity contribution in [2.24, 2.45) is 0 Å². The Balaban J connectivity index is 1.68. The predicted molar refractivity (Wildman–Crippen MR) is 114 cm³/mol. The number of anilines is 1. The molecular weight excluding hydrogens is 400 g/mol. The molecule has 0 aliphatic carbocycles. The lowest BCUT2D eigenvalue weighted by Crippen LogP contribution is -2.09. The number of fused-ring (bicyclic) bond motifs is 1. The summed E-state index contributed by atoms with van der Waals surface area (Å²) in [5, 5.41) is 4.52. The second kappa shape index (κ2) is 7.84. The van der Waals surface area contributed by atoms with Crippen LogP contribution in [0.25, 0.3) is 22.3 Å². The smallest absolute Gasteiger partial charge is 0.162 e. The highest BCUT2D eigenvalue weighted by molar-refractivity contribution is 9.10. The van der Waals surface area contributed by atoms with Crippen molar-refractivity contribution in [3.63, 3.8) is 0 Å². The van der Waals surface area contributed by atoms with Gasteiger partial charge in [-0.2, -0.15) is 0 Å². The molecule has 0 aliphatic heterocycles. The molecule has 5 heteroatoms. The van der Waals surface area contributed by atoms with Crippen molar-refractivity contribution < 1.29 is 0 Å². The Labute approximate surface area is 166 Å².